The van der Waals surface area contributed by atoms with E-state index in [9.17, 15) is 22.4 Å². The van der Waals surface area contributed by atoms with Crippen molar-refractivity contribution in [2.24, 2.45) is 11.8 Å². The van der Waals surface area contributed by atoms with Crippen LogP contribution in [0, 0.1) is 17.7 Å². The minimum absolute atomic E-state index is 0.0803. The Morgan fingerprint density at radius 2 is 1.66 bits per heavy atom. The Hall–Kier alpha value is -2.98. The van der Waals surface area contributed by atoms with Crippen molar-refractivity contribution in [1.29, 1.82) is 0 Å². The highest BCUT2D eigenvalue weighted by atomic mass is 32.2. The molecule has 0 radical (unpaired) electrons. The van der Waals surface area contributed by atoms with E-state index in [1.165, 1.54) is 46.8 Å². The summed E-state index contributed by atoms with van der Waals surface area (Å²) in [7, 11) is -3.65. The minimum Gasteiger partial charge on any atom is -0.481 e. The molecule has 2 atom stereocenters. The number of halogens is 1. The minimum atomic E-state index is -3.65. The van der Waals surface area contributed by atoms with Crippen LogP contribution in [0.3, 0.4) is 0 Å². The van der Waals surface area contributed by atoms with Gasteiger partial charge >= 0.3 is 0 Å². The van der Waals surface area contributed by atoms with Gasteiger partial charge in [0.05, 0.1) is 4.90 Å². The Morgan fingerprint density at radius 3 is 2.28 bits per heavy atom. The number of hydrogen-bond donors (Lipinski definition) is 2. The molecule has 2 aromatic rings. The largest absolute Gasteiger partial charge is 0.481 e. The molecule has 1 aliphatic rings. The van der Waals surface area contributed by atoms with Gasteiger partial charge in [0.2, 0.25) is 10.0 Å². The van der Waals surface area contributed by atoms with Gasteiger partial charge in [0.15, 0.2) is 18.2 Å². The molecule has 0 saturated carbocycles. The fourth-order valence-electron chi connectivity index (χ4n) is 3.67. The molecule has 1 saturated heterocycles. The number of benzene rings is 2. The van der Waals surface area contributed by atoms with Crippen LogP contribution in [0.2, 0.25) is 0 Å². The van der Waals surface area contributed by atoms with Gasteiger partial charge in [0.1, 0.15) is 0 Å². The summed E-state index contributed by atoms with van der Waals surface area (Å²) < 4.78 is 45.8. The average Bonchev–Trinajstić information content (AvgIpc) is 2.76. The van der Waals surface area contributed by atoms with Crippen molar-refractivity contribution in [3.05, 3.63) is 59.9 Å². The predicted molar refractivity (Wildman–Crippen MR) is 116 cm³/mol. The van der Waals surface area contributed by atoms with Crippen LogP contribution in [0.15, 0.2) is 53.4 Å². The molecule has 0 aromatic heterocycles. The molecule has 10 heteroatoms. The van der Waals surface area contributed by atoms with Crippen LogP contribution in [0.4, 0.5) is 4.39 Å². The van der Waals surface area contributed by atoms with Gasteiger partial charge in [-0.1, -0.05) is 26.0 Å². The highest BCUT2D eigenvalue weighted by Crippen LogP contribution is 2.26. The third kappa shape index (κ3) is 5.83. The number of nitrogens with zero attached hydrogens (tertiary/aromatic N) is 1. The standard InChI is InChI=1S/C22H26FN3O5S/c1-15-11-16(2)13-26(12-15)32(29,30)18-9-7-17(8-10-18)22(28)25-24-21(27)14-31-20-6-4-3-5-19(20)23/h3-10,15-16H,11-14H2,1-2H3,(H,24,27)(H,25,28). The lowest BCUT2D eigenvalue weighted by molar-refractivity contribution is -0.123. The number of amides is 2. The molecule has 3 rings (SSSR count). The number of hydrogen-bond acceptors (Lipinski definition) is 5. The highest BCUT2D eigenvalue weighted by Gasteiger charge is 2.31. The molecule has 2 unspecified atom stereocenters. The van der Waals surface area contributed by atoms with E-state index in [-0.39, 0.29) is 28.0 Å². The highest BCUT2D eigenvalue weighted by molar-refractivity contribution is 7.89. The van der Waals surface area contributed by atoms with Crippen LogP contribution in [0.1, 0.15) is 30.6 Å². The molecule has 32 heavy (non-hydrogen) atoms. The summed E-state index contributed by atoms with van der Waals surface area (Å²) in [4.78, 5) is 24.2. The Kier molecular flexibility index (Phi) is 7.47. The zero-order valence-electron chi connectivity index (χ0n) is 17.9. The first-order chi connectivity index (χ1) is 15.2. The maximum absolute atomic E-state index is 13.5. The first-order valence-electron chi connectivity index (χ1n) is 10.2. The van der Waals surface area contributed by atoms with Gasteiger partial charge < -0.3 is 4.74 Å². The monoisotopic (exact) mass is 463 g/mol. The number of carbonyl (C=O) groups excluding carboxylic acids is 2. The van der Waals surface area contributed by atoms with Gasteiger partial charge in [-0.05, 0) is 54.7 Å². The van der Waals surface area contributed by atoms with E-state index in [2.05, 4.69) is 10.9 Å². The van der Waals surface area contributed by atoms with E-state index < -0.39 is 34.3 Å². The second kappa shape index (κ2) is 10.1. The van der Waals surface area contributed by atoms with E-state index in [4.69, 9.17) is 4.74 Å². The first kappa shape index (κ1) is 23.7. The van der Waals surface area contributed by atoms with Crippen LogP contribution in [0.5, 0.6) is 5.75 Å². The van der Waals surface area contributed by atoms with Crippen molar-refractivity contribution in [1.82, 2.24) is 15.2 Å². The van der Waals surface area contributed by atoms with Gasteiger partial charge in [-0.15, -0.1) is 0 Å². The zero-order chi connectivity index (χ0) is 23.3. The molecule has 0 bridgehead atoms. The van der Waals surface area contributed by atoms with Gasteiger partial charge in [-0.2, -0.15) is 4.31 Å². The van der Waals surface area contributed by atoms with Crippen molar-refractivity contribution in [2.75, 3.05) is 19.7 Å². The number of ether oxygens (including phenoxy) is 1. The number of hydrazine groups is 1. The lowest BCUT2D eigenvalue weighted by atomic mass is 9.94. The smallest absolute Gasteiger partial charge is 0.276 e. The van der Waals surface area contributed by atoms with E-state index >= 15 is 0 Å². The summed E-state index contributed by atoms with van der Waals surface area (Å²) >= 11 is 0. The van der Waals surface area contributed by atoms with Gasteiger partial charge in [-0.25, -0.2) is 12.8 Å². The molecular formula is C22H26FN3O5S. The molecule has 0 aliphatic carbocycles. The molecule has 0 spiro atoms. The fraction of sp³-hybridized carbons (Fsp3) is 0.364. The second-order valence-corrected chi connectivity index (χ2v) is 9.95. The van der Waals surface area contributed by atoms with Crippen molar-refractivity contribution >= 4 is 21.8 Å². The molecule has 2 aromatic carbocycles. The number of piperidine rings is 1. The zero-order valence-corrected chi connectivity index (χ0v) is 18.7. The molecule has 1 aliphatic heterocycles. The molecule has 172 valence electrons. The van der Waals surface area contributed by atoms with Gasteiger partial charge in [0, 0.05) is 18.7 Å². The maximum atomic E-state index is 13.5. The number of para-hydroxylation sites is 1. The van der Waals surface area contributed by atoms with Gasteiger partial charge in [0.25, 0.3) is 11.8 Å². The Bertz CT molecular complexity index is 1070. The summed E-state index contributed by atoms with van der Waals surface area (Å²) in [6.07, 6.45) is 0.988. The molecule has 2 N–H and O–H groups in total. The molecule has 8 nitrogen and oxygen atoms in total. The lowest BCUT2D eigenvalue weighted by Gasteiger charge is -2.34. The molecular weight excluding hydrogens is 437 g/mol. The normalized spacial score (nSPS) is 19.2. The molecule has 2 amide bonds. The van der Waals surface area contributed by atoms with Crippen LogP contribution < -0.4 is 15.6 Å². The van der Waals surface area contributed by atoms with E-state index in [1.807, 2.05) is 13.8 Å². The summed E-state index contributed by atoms with van der Waals surface area (Å²) in [5.41, 5.74) is 4.54. The molecule has 1 heterocycles. The number of rotatable bonds is 6. The first-order valence-corrected chi connectivity index (χ1v) is 11.7. The third-order valence-electron chi connectivity index (χ3n) is 5.10. The summed E-state index contributed by atoms with van der Waals surface area (Å²) in [6, 6.07) is 11.1. The van der Waals surface area contributed by atoms with Crippen molar-refractivity contribution in [3.63, 3.8) is 0 Å². The summed E-state index contributed by atoms with van der Waals surface area (Å²) in [6.45, 7) is 4.50. The SMILES string of the molecule is CC1CC(C)CN(S(=O)(=O)c2ccc(C(=O)NNC(=O)COc3ccccc3F)cc2)C1. The Morgan fingerprint density at radius 1 is 1.03 bits per heavy atom. The van der Waals surface area contributed by atoms with Crippen LogP contribution in [-0.4, -0.2) is 44.2 Å². The van der Waals surface area contributed by atoms with Crippen molar-refractivity contribution < 1.29 is 27.1 Å². The Labute approximate surface area is 186 Å². The summed E-state index contributed by atoms with van der Waals surface area (Å²) in [5, 5.41) is 0. The third-order valence-corrected chi connectivity index (χ3v) is 6.95. The fourth-order valence-corrected chi connectivity index (χ4v) is 5.35. The lowest BCUT2D eigenvalue weighted by Crippen LogP contribution is -2.44. The topological polar surface area (TPSA) is 105 Å². The van der Waals surface area contributed by atoms with Crippen molar-refractivity contribution in [3.8, 4) is 5.75 Å². The maximum Gasteiger partial charge on any atom is 0.276 e. The van der Waals surface area contributed by atoms with E-state index in [0.717, 1.165) is 6.42 Å². The van der Waals surface area contributed by atoms with Gasteiger partial charge in [-0.3, -0.25) is 20.4 Å². The quantitative estimate of drug-likeness (QED) is 0.640. The average molecular weight is 464 g/mol. The van der Waals surface area contributed by atoms with Crippen LogP contribution >= 0.6 is 0 Å². The molecule has 1 fully saturated rings. The Balaban J connectivity index is 1.54. The number of sulfonamides is 1. The van der Waals surface area contributed by atoms with Crippen molar-refractivity contribution in [2.45, 2.75) is 25.2 Å². The predicted octanol–water partition coefficient (Wildman–Crippen LogP) is 2.33. The van der Waals surface area contributed by atoms with Crippen LogP contribution in [-0.2, 0) is 14.8 Å². The van der Waals surface area contributed by atoms with E-state index in [0.29, 0.717) is 13.1 Å². The second-order valence-electron chi connectivity index (χ2n) is 8.01. The van der Waals surface area contributed by atoms with Crippen LogP contribution in [0.25, 0.3) is 0 Å². The van der Waals surface area contributed by atoms with E-state index in [1.54, 1.807) is 6.07 Å². The number of nitrogens with one attached hydrogen (secondary N) is 2. The number of carbonyl (C=O) groups is 2. The summed E-state index contributed by atoms with van der Waals surface area (Å²) in [5.74, 6) is -1.44.